The van der Waals surface area contributed by atoms with Crippen LogP contribution in [0.5, 0.6) is 0 Å². The van der Waals surface area contributed by atoms with Crippen LogP contribution in [0, 0.1) is 6.92 Å². The number of rotatable bonds is 6. The number of aromatic nitrogens is 1. The van der Waals surface area contributed by atoms with E-state index in [4.69, 9.17) is 10.7 Å². The molecule has 2 aromatic carbocycles. The number of hydrogen-bond acceptors (Lipinski definition) is 4. The summed E-state index contributed by atoms with van der Waals surface area (Å²) in [5, 5.41) is 4.56. The van der Waals surface area contributed by atoms with Crippen molar-refractivity contribution in [2.75, 3.05) is 29.9 Å². The molecule has 4 rings (SSSR count). The standard InChI is InChI=1S/C24H28F2N4/c1-17-8-9-21-19(14-17)22(28-12-5-4-11-27)15-23(29-21)30-13-10-24(25,26)20-7-3-2-6-18(20)16-30/h2-3,6-9,14-15H,4-5,10-13,16,27H2,1H3,(H,28,29). The molecule has 0 saturated heterocycles. The Morgan fingerprint density at radius 2 is 1.97 bits per heavy atom. The van der Waals surface area contributed by atoms with Gasteiger partial charge in [-0.15, -0.1) is 0 Å². The number of alkyl halides is 2. The summed E-state index contributed by atoms with van der Waals surface area (Å²) in [5.41, 5.74) is 9.40. The van der Waals surface area contributed by atoms with Crippen molar-refractivity contribution in [1.82, 2.24) is 4.98 Å². The average Bonchev–Trinajstić information content (AvgIpc) is 2.87. The molecule has 0 aliphatic carbocycles. The number of nitrogens with zero attached hydrogens (tertiary/aromatic N) is 2. The zero-order valence-electron chi connectivity index (χ0n) is 17.3. The summed E-state index contributed by atoms with van der Waals surface area (Å²) < 4.78 is 29.4. The van der Waals surface area contributed by atoms with E-state index in [2.05, 4.69) is 18.3 Å². The lowest BCUT2D eigenvalue weighted by Gasteiger charge is -2.24. The molecule has 4 nitrogen and oxygen atoms in total. The summed E-state index contributed by atoms with van der Waals surface area (Å²) >= 11 is 0. The third-order valence-corrected chi connectivity index (χ3v) is 5.69. The fourth-order valence-electron chi connectivity index (χ4n) is 4.03. The molecule has 0 saturated carbocycles. The molecule has 158 valence electrons. The Balaban J connectivity index is 1.71. The highest BCUT2D eigenvalue weighted by molar-refractivity contribution is 5.93. The number of pyridine rings is 1. The van der Waals surface area contributed by atoms with E-state index in [1.165, 1.54) is 0 Å². The molecular weight excluding hydrogens is 382 g/mol. The second kappa shape index (κ2) is 8.56. The Morgan fingerprint density at radius 3 is 2.80 bits per heavy atom. The second-order valence-corrected chi connectivity index (χ2v) is 8.00. The molecule has 0 spiro atoms. The number of fused-ring (bicyclic) bond motifs is 2. The Morgan fingerprint density at radius 1 is 1.13 bits per heavy atom. The van der Waals surface area contributed by atoms with Gasteiger partial charge in [0.1, 0.15) is 5.82 Å². The number of nitrogens with one attached hydrogen (secondary N) is 1. The van der Waals surface area contributed by atoms with Crippen LogP contribution >= 0.6 is 0 Å². The second-order valence-electron chi connectivity index (χ2n) is 8.00. The van der Waals surface area contributed by atoms with Gasteiger partial charge in [0, 0.05) is 48.8 Å². The predicted octanol–water partition coefficient (Wildman–Crippen LogP) is 5.20. The van der Waals surface area contributed by atoms with Crippen molar-refractivity contribution in [3.8, 4) is 0 Å². The van der Waals surface area contributed by atoms with Gasteiger partial charge in [0.25, 0.3) is 5.92 Å². The lowest BCUT2D eigenvalue weighted by atomic mass is 10.0. The van der Waals surface area contributed by atoms with E-state index in [-0.39, 0.29) is 18.5 Å². The summed E-state index contributed by atoms with van der Waals surface area (Å²) in [4.78, 5) is 6.79. The van der Waals surface area contributed by atoms with Crippen LogP contribution in [0.2, 0.25) is 0 Å². The molecule has 0 fully saturated rings. The molecule has 30 heavy (non-hydrogen) atoms. The quantitative estimate of drug-likeness (QED) is 0.549. The van der Waals surface area contributed by atoms with Crippen LogP contribution in [0.4, 0.5) is 20.3 Å². The number of halogens is 2. The Kier molecular flexibility index (Phi) is 5.86. The third-order valence-electron chi connectivity index (χ3n) is 5.69. The smallest absolute Gasteiger partial charge is 0.275 e. The Labute approximate surface area is 176 Å². The Hall–Kier alpha value is -2.73. The van der Waals surface area contributed by atoms with E-state index < -0.39 is 5.92 Å². The molecule has 1 aromatic heterocycles. The molecule has 1 aliphatic rings. The molecule has 0 radical (unpaired) electrons. The highest BCUT2D eigenvalue weighted by atomic mass is 19.3. The fourth-order valence-corrected chi connectivity index (χ4v) is 4.03. The summed E-state index contributed by atoms with van der Waals surface area (Å²) in [5.74, 6) is -2.11. The molecular formula is C24H28F2N4. The molecule has 3 aromatic rings. The minimum atomic E-state index is -2.83. The van der Waals surface area contributed by atoms with Gasteiger partial charge in [0.15, 0.2) is 0 Å². The maximum Gasteiger partial charge on any atom is 0.275 e. The number of hydrogen-bond donors (Lipinski definition) is 2. The SMILES string of the molecule is Cc1ccc2nc(N3CCC(F)(F)c4ccccc4C3)cc(NCCCCN)c2c1. The molecule has 0 unspecified atom stereocenters. The van der Waals surface area contributed by atoms with Crippen LogP contribution in [-0.4, -0.2) is 24.6 Å². The van der Waals surface area contributed by atoms with Gasteiger partial charge in [-0.25, -0.2) is 13.8 Å². The van der Waals surface area contributed by atoms with Crippen LogP contribution in [0.25, 0.3) is 10.9 Å². The van der Waals surface area contributed by atoms with Crippen molar-refractivity contribution in [2.24, 2.45) is 5.73 Å². The molecule has 3 N–H and O–H groups in total. The van der Waals surface area contributed by atoms with Crippen LogP contribution in [0.1, 0.15) is 36.0 Å². The van der Waals surface area contributed by atoms with E-state index in [0.717, 1.165) is 47.4 Å². The summed E-state index contributed by atoms with van der Waals surface area (Å²) in [6, 6.07) is 15.0. The summed E-state index contributed by atoms with van der Waals surface area (Å²) in [6.45, 7) is 4.20. The number of anilines is 2. The monoisotopic (exact) mass is 410 g/mol. The highest BCUT2D eigenvalue weighted by Crippen LogP contribution is 2.39. The molecule has 6 heteroatoms. The topological polar surface area (TPSA) is 54.2 Å². The van der Waals surface area contributed by atoms with Crippen molar-refractivity contribution in [2.45, 2.75) is 38.7 Å². The molecule has 0 atom stereocenters. The van der Waals surface area contributed by atoms with Crippen molar-refractivity contribution in [3.05, 3.63) is 65.2 Å². The first-order chi connectivity index (χ1) is 14.5. The number of nitrogens with two attached hydrogens (primary N) is 1. The van der Waals surface area contributed by atoms with Gasteiger partial charge in [-0.05, 0) is 44.0 Å². The predicted molar refractivity (Wildman–Crippen MR) is 119 cm³/mol. The first-order valence-electron chi connectivity index (χ1n) is 10.5. The lowest BCUT2D eigenvalue weighted by Crippen LogP contribution is -2.25. The number of benzene rings is 2. The van der Waals surface area contributed by atoms with Crippen LogP contribution in [0.3, 0.4) is 0 Å². The molecule has 2 heterocycles. The molecule has 0 amide bonds. The first kappa shape index (κ1) is 20.5. The highest BCUT2D eigenvalue weighted by Gasteiger charge is 2.37. The van der Waals surface area contributed by atoms with Gasteiger partial charge < -0.3 is 16.0 Å². The molecule has 0 bridgehead atoms. The van der Waals surface area contributed by atoms with Gasteiger partial charge in [-0.2, -0.15) is 0 Å². The van der Waals surface area contributed by atoms with E-state index in [0.29, 0.717) is 18.7 Å². The minimum Gasteiger partial charge on any atom is -0.384 e. The zero-order valence-corrected chi connectivity index (χ0v) is 17.3. The Bertz CT molecular complexity index is 1030. The third kappa shape index (κ3) is 4.24. The number of unbranched alkanes of at least 4 members (excludes halogenated alkanes) is 1. The fraction of sp³-hybridized carbons (Fsp3) is 0.375. The van der Waals surface area contributed by atoms with E-state index in [1.807, 2.05) is 29.2 Å². The zero-order chi connectivity index (χ0) is 21.1. The summed E-state index contributed by atoms with van der Waals surface area (Å²) in [7, 11) is 0. The van der Waals surface area contributed by atoms with E-state index in [1.54, 1.807) is 18.2 Å². The van der Waals surface area contributed by atoms with Gasteiger partial charge in [0.05, 0.1) is 5.52 Å². The summed E-state index contributed by atoms with van der Waals surface area (Å²) in [6.07, 6.45) is 1.71. The van der Waals surface area contributed by atoms with Crippen molar-refractivity contribution < 1.29 is 8.78 Å². The largest absolute Gasteiger partial charge is 0.384 e. The minimum absolute atomic E-state index is 0.129. The van der Waals surface area contributed by atoms with Crippen molar-refractivity contribution in [3.63, 3.8) is 0 Å². The van der Waals surface area contributed by atoms with Gasteiger partial charge in [0.2, 0.25) is 0 Å². The first-order valence-corrected chi connectivity index (χ1v) is 10.5. The van der Waals surface area contributed by atoms with Crippen LogP contribution in [-0.2, 0) is 12.5 Å². The lowest BCUT2D eigenvalue weighted by molar-refractivity contribution is -0.00967. The number of aryl methyl sites for hydroxylation is 1. The van der Waals surface area contributed by atoms with Crippen molar-refractivity contribution in [1.29, 1.82) is 0 Å². The maximum atomic E-state index is 14.7. The normalized spacial score (nSPS) is 15.7. The van der Waals surface area contributed by atoms with Gasteiger partial charge >= 0.3 is 0 Å². The van der Waals surface area contributed by atoms with Gasteiger partial charge in [-0.1, -0.05) is 35.9 Å². The maximum absolute atomic E-state index is 14.7. The molecule has 1 aliphatic heterocycles. The van der Waals surface area contributed by atoms with E-state index >= 15 is 0 Å². The van der Waals surface area contributed by atoms with Crippen LogP contribution in [0.15, 0.2) is 48.5 Å². The average molecular weight is 411 g/mol. The van der Waals surface area contributed by atoms with Crippen molar-refractivity contribution >= 4 is 22.4 Å². The van der Waals surface area contributed by atoms with E-state index in [9.17, 15) is 8.78 Å². The van der Waals surface area contributed by atoms with Gasteiger partial charge in [-0.3, -0.25) is 0 Å². The van der Waals surface area contributed by atoms with Crippen LogP contribution < -0.4 is 16.0 Å².